The van der Waals surface area contributed by atoms with Crippen LogP contribution in [0.5, 0.6) is 0 Å². The van der Waals surface area contributed by atoms with E-state index in [0.29, 0.717) is 10.8 Å². The first-order valence-electron chi connectivity index (χ1n) is 4.97. The Morgan fingerprint density at radius 3 is 2.81 bits per heavy atom. The van der Waals surface area contributed by atoms with E-state index in [2.05, 4.69) is 31.1 Å². The zero-order valence-corrected chi connectivity index (χ0v) is 10.5. The largest absolute Gasteiger partial charge is 0.480 e. The molecule has 0 aliphatic heterocycles. The molecule has 90 valence electrons. The number of aliphatic carboxylic acids is 1. The molecule has 1 rings (SSSR count). The van der Waals surface area contributed by atoms with E-state index in [9.17, 15) is 4.79 Å². The molecular formula is C10H17N3O2S. The fraction of sp³-hybridized carbons (Fsp3) is 0.600. The summed E-state index contributed by atoms with van der Waals surface area (Å²) in [5, 5.41) is 14.3. The molecule has 1 aromatic heterocycles. The first-order chi connectivity index (χ1) is 7.29. The summed E-state index contributed by atoms with van der Waals surface area (Å²) in [7, 11) is 0. The lowest BCUT2D eigenvalue weighted by molar-refractivity contribution is -0.138. The fourth-order valence-electron chi connectivity index (χ4n) is 0.977. The van der Waals surface area contributed by atoms with Gasteiger partial charge in [0.05, 0.1) is 5.69 Å². The second-order valence-electron chi connectivity index (χ2n) is 4.81. The predicted octanol–water partition coefficient (Wildman–Crippen LogP) is 1.69. The van der Waals surface area contributed by atoms with Crippen molar-refractivity contribution in [2.24, 2.45) is 11.1 Å². The number of hydrogen-bond donors (Lipinski definition) is 3. The maximum Gasteiger partial charge on any atom is 0.326 e. The van der Waals surface area contributed by atoms with Gasteiger partial charge < -0.3 is 16.2 Å². The topological polar surface area (TPSA) is 88.2 Å². The van der Waals surface area contributed by atoms with Crippen molar-refractivity contribution >= 4 is 22.4 Å². The number of nitrogens with zero attached hydrogens (tertiary/aromatic N) is 1. The average Bonchev–Trinajstić information content (AvgIpc) is 2.60. The van der Waals surface area contributed by atoms with Crippen molar-refractivity contribution in [1.82, 2.24) is 4.98 Å². The summed E-state index contributed by atoms with van der Waals surface area (Å²) in [4.78, 5) is 14.8. The van der Waals surface area contributed by atoms with Gasteiger partial charge in [-0.3, -0.25) is 4.79 Å². The summed E-state index contributed by atoms with van der Waals surface area (Å²) < 4.78 is 0. The Bertz CT molecular complexity index is 370. The lowest BCUT2D eigenvalue weighted by atomic mass is 9.97. The summed E-state index contributed by atoms with van der Waals surface area (Å²) in [6, 6.07) is -1.04. The minimum absolute atomic E-state index is 0.154. The normalized spacial score (nSPS) is 13.5. The second-order valence-corrected chi connectivity index (χ2v) is 5.67. The highest BCUT2D eigenvalue weighted by molar-refractivity contribution is 7.13. The van der Waals surface area contributed by atoms with Gasteiger partial charge in [-0.25, -0.2) is 4.98 Å². The third-order valence-electron chi connectivity index (χ3n) is 1.88. The standard InChI is InChI=1S/C10H17N3O2S/c1-10(2,3)5-12-9-13-6(4-16-9)7(11)8(14)15/h4,7H,5,11H2,1-3H3,(H,12,13)(H,14,15). The van der Waals surface area contributed by atoms with Crippen LogP contribution in [0.15, 0.2) is 5.38 Å². The van der Waals surface area contributed by atoms with Crippen LogP contribution in [-0.2, 0) is 4.79 Å². The summed E-state index contributed by atoms with van der Waals surface area (Å²) in [6.07, 6.45) is 0. The number of thiazole rings is 1. The number of nitrogens with one attached hydrogen (secondary N) is 1. The Labute approximate surface area is 98.7 Å². The van der Waals surface area contributed by atoms with Gasteiger partial charge in [0.2, 0.25) is 0 Å². The first kappa shape index (κ1) is 12.9. The minimum atomic E-state index is -1.06. The van der Waals surface area contributed by atoms with Gasteiger partial charge in [0.1, 0.15) is 6.04 Å². The number of anilines is 1. The molecule has 0 amide bonds. The van der Waals surface area contributed by atoms with Crippen LogP contribution in [0.25, 0.3) is 0 Å². The van der Waals surface area contributed by atoms with Gasteiger partial charge in [-0.1, -0.05) is 20.8 Å². The van der Waals surface area contributed by atoms with E-state index in [0.717, 1.165) is 6.54 Å². The van der Waals surface area contributed by atoms with E-state index in [1.165, 1.54) is 11.3 Å². The smallest absolute Gasteiger partial charge is 0.326 e. The number of rotatable bonds is 4. The van der Waals surface area contributed by atoms with E-state index in [1.54, 1.807) is 5.38 Å². The van der Waals surface area contributed by atoms with Crippen molar-refractivity contribution in [2.75, 3.05) is 11.9 Å². The van der Waals surface area contributed by atoms with Gasteiger partial charge in [0.25, 0.3) is 0 Å². The van der Waals surface area contributed by atoms with E-state index >= 15 is 0 Å². The highest BCUT2D eigenvalue weighted by atomic mass is 32.1. The van der Waals surface area contributed by atoms with Crippen molar-refractivity contribution in [3.05, 3.63) is 11.1 Å². The van der Waals surface area contributed by atoms with Crippen LogP contribution in [0, 0.1) is 5.41 Å². The Morgan fingerprint density at radius 2 is 2.31 bits per heavy atom. The number of carboxylic acids is 1. The number of carboxylic acid groups (broad SMARTS) is 1. The number of carbonyl (C=O) groups is 1. The summed E-state index contributed by atoms with van der Waals surface area (Å²) in [5.41, 5.74) is 6.00. The molecule has 0 aromatic carbocycles. The Morgan fingerprint density at radius 1 is 1.69 bits per heavy atom. The molecule has 1 unspecified atom stereocenters. The number of aromatic nitrogens is 1. The zero-order valence-electron chi connectivity index (χ0n) is 9.65. The predicted molar refractivity (Wildman–Crippen MR) is 64.6 cm³/mol. The Kier molecular flexibility index (Phi) is 3.88. The van der Waals surface area contributed by atoms with Gasteiger partial charge in [0, 0.05) is 11.9 Å². The van der Waals surface area contributed by atoms with E-state index in [4.69, 9.17) is 10.8 Å². The molecule has 0 radical (unpaired) electrons. The van der Waals surface area contributed by atoms with Gasteiger partial charge in [0.15, 0.2) is 5.13 Å². The molecule has 5 nitrogen and oxygen atoms in total. The summed E-state index contributed by atoms with van der Waals surface area (Å²) in [6.45, 7) is 7.11. The molecule has 1 atom stereocenters. The van der Waals surface area contributed by atoms with Crippen LogP contribution in [0.3, 0.4) is 0 Å². The Balaban J connectivity index is 2.62. The third-order valence-corrected chi connectivity index (χ3v) is 2.69. The van der Waals surface area contributed by atoms with Crippen molar-refractivity contribution in [2.45, 2.75) is 26.8 Å². The van der Waals surface area contributed by atoms with Crippen molar-refractivity contribution < 1.29 is 9.90 Å². The molecule has 0 saturated heterocycles. The molecule has 0 spiro atoms. The van der Waals surface area contributed by atoms with Crippen molar-refractivity contribution in [1.29, 1.82) is 0 Å². The number of hydrogen-bond acceptors (Lipinski definition) is 5. The highest BCUT2D eigenvalue weighted by Gasteiger charge is 2.18. The van der Waals surface area contributed by atoms with E-state index < -0.39 is 12.0 Å². The van der Waals surface area contributed by atoms with Gasteiger partial charge in [-0.2, -0.15) is 0 Å². The SMILES string of the molecule is CC(C)(C)CNc1nc(C(N)C(=O)O)cs1. The average molecular weight is 243 g/mol. The molecule has 0 aliphatic carbocycles. The lowest BCUT2D eigenvalue weighted by Crippen LogP contribution is -2.21. The first-order valence-corrected chi connectivity index (χ1v) is 5.85. The number of nitrogens with two attached hydrogens (primary N) is 1. The summed E-state index contributed by atoms with van der Waals surface area (Å²) >= 11 is 1.37. The fourth-order valence-corrected chi connectivity index (χ4v) is 1.72. The zero-order chi connectivity index (χ0) is 12.3. The molecule has 0 aliphatic rings. The molecule has 0 bridgehead atoms. The summed E-state index contributed by atoms with van der Waals surface area (Å²) in [5.74, 6) is -1.06. The van der Waals surface area contributed by atoms with Crippen molar-refractivity contribution in [3.8, 4) is 0 Å². The van der Waals surface area contributed by atoms with Crippen LogP contribution < -0.4 is 11.1 Å². The lowest BCUT2D eigenvalue weighted by Gasteiger charge is -2.18. The molecule has 16 heavy (non-hydrogen) atoms. The van der Waals surface area contributed by atoms with E-state index in [1.807, 2.05) is 0 Å². The maximum atomic E-state index is 10.6. The minimum Gasteiger partial charge on any atom is -0.480 e. The molecule has 0 fully saturated rings. The molecule has 1 heterocycles. The van der Waals surface area contributed by atoms with Gasteiger partial charge >= 0.3 is 5.97 Å². The van der Waals surface area contributed by atoms with Crippen LogP contribution in [0.4, 0.5) is 5.13 Å². The molecule has 4 N–H and O–H groups in total. The van der Waals surface area contributed by atoms with Crippen LogP contribution in [0.2, 0.25) is 0 Å². The third kappa shape index (κ3) is 3.79. The van der Waals surface area contributed by atoms with Crippen molar-refractivity contribution in [3.63, 3.8) is 0 Å². The quantitative estimate of drug-likeness (QED) is 0.749. The molecule has 0 saturated carbocycles. The van der Waals surface area contributed by atoms with Gasteiger partial charge in [-0.05, 0) is 5.41 Å². The highest BCUT2D eigenvalue weighted by Crippen LogP contribution is 2.21. The molecule has 6 heteroatoms. The van der Waals surface area contributed by atoms with Crippen LogP contribution in [0.1, 0.15) is 32.5 Å². The molecule has 1 aromatic rings. The monoisotopic (exact) mass is 243 g/mol. The maximum absolute atomic E-state index is 10.6. The van der Waals surface area contributed by atoms with Gasteiger partial charge in [-0.15, -0.1) is 11.3 Å². The Hall–Kier alpha value is -1.14. The van der Waals surface area contributed by atoms with Crippen LogP contribution in [-0.4, -0.2) is 22.6 Å². The van der Waals surface area contributed by atoms with E-state index in [-0.39, 0.29) is 5.41 Å². The molecular weight excluding hydrogens is 226 g/mol. The van der Waals surface area contributed by atoms with Crippen LogP contribution >= 0.6 is 11.3 Å². The second kappa shape index (κ2) is 4.80.